The van der Waals surface area contributed by atoms with Crippen molar-refractivity contribution in [3.05, 3.63) is 29.3 Å². The van der Waals surface area contributed by atoms with Gasteiger partial charge in [0, 0.05) is 12.6 Å². The van der Waals surface area contributed by atoms with E-state index >= 15 is 0 Å². The summed E-state index contributed by atoms with van der Waals surface area (Å²) in [7, 11) is 2.03. The lowest BCUT2D eigenvalue weighted by molar-refractivity contribution is 0.109. The molecule has 3 heteroatoms. The number of rotatable bonds is 6. The largest absolute Gasteiger partial charge is 0.491 e. The third-order valence-electron chi connectivity index (χ3n) is 3.50. The molecule has 0 bridgehead atoms. The molecule has 1 N–H and O–H groups in total. The molecule has 1 aliphatic rings. The van der Waals surface area contributed by atoms with Crippen LogP contribution < -0.4 is 10.1 Å². The van der Waals surface area contributed by atoms with E-state index in [-0.39, 0.29) is 0 Å². The van der Waals surface area contributed by atoms with Crippen molar-refractivity contribution < 1.29 is 9.47 Å². The number of ether oxygens (including phenoxy) is 2. The Morgan fingerprint density at radius 1 is 1.33 bits per heavy atom. The molecule has 1 aromatic carbocycles. The van der Waals surface area contributed by atoms with Gasteiger partial charge in [0.2, 0.25) is 0 Å². The van der Waals surface area contributed by atoms with Crippen molar-refractivity contribution in [2.24, 2.45) is 0 Å². The van der Waals surface area contributed by atoms with Gasteiger partial charge < -0.3 is 14.8 Å². The van der Waals surface area contributed by atoms with Gasteiger partial charge in [0.1, 0.15) is 12.4 Å². The Labute approximate surface area is 109 Å². The molecular formula is C15H23NO2. The van der Waals surface area contributed by atoms with E-state index in [1.165, 1.54) is 24.0 Å². The molecule has 0 spiro atoms. The number of hydrogen-bond acceptors (Lipinski definition) is 3. The van der Waals surface area contributed by atoms with Crippen LogP contribution in [-0.4, -0.2) is 26.9 Å². The first-order chi connectivity index (χ1) is 8.86. The van der Waals surface area contributed by atoms with Crippen molar-refractivity contribution >= 4 is 0 Å². The van der Waals surface area contributed by atoms with Gasteiger partial charge >= 0.3 is 0 Å². The predicted octanol–water partition coefficient (Wildman–Crippen LogP) is 2.70. The first-order valence-corrected chi connectivity index (χ1v) is 6.86. The summed E-state index contributed by atoms with van der Waals surface area (Å²) in [6, 6.07) is 6.85. The summed E-state index contributed by atoms with van der Waals surface area (Å²) in [4.78, 5) is 0. The molecule has 0 aliphatic heterocycles. The fourth-order valence-electron chi connectivity index (χ4n) is 2.61. The SMILES string of the molecule is CCOCCOc1cccc2c1CCCC2NC. The maximum Gasteiger partial charge on any atom is 0.122 e. The van der Waals surface area contributed by atoms with E-state index < -0.39 is 0 Å². The summed E-state index contributed by atoms with van der Waals surface area (Å²) in [6.45, 7) is 4.05. The highest BCUT2D eigenvalue weighted by Gasteiger charge is 2.21. The van der Waals surface area contributed by atoms with Gasteiger partial charge in [0.05, 0.1) is 6.61 Å². The normalized spacial score (nSPS) is 18.4. The van der Waals surface area contributed by atoms with E-state index in [2.05, 4.69) is 23.5 Å². The van der Waals surface area contributed by atoms with Gasteiger partial charge in [-0.2, -0.15) is 0 Å². The molecule has 0 amide bonds. The lowest BCUT2D eigenvalue weighted by atomic mass is 9.87. The van der Waals surface area contributed by atoms with Gasteiger partial charge in [-0.3, -0.25) is 0 Å². The summed E-state index contributed by atoms with van der Waals surface area (Å²) in [6.07, 6.45) is 3.56. The van der Waals surface area contributed by atoms with Crippen LogP contribution in [0.5, 0.6) is 5.75 Å². The van der Waals surface area contributed by atoms with E-state index in [0.717, 1.165) is 18.8 Å². The molecule has 0 heterocycles. The highest BCUT2D eigenvalue weighted by Crippen LogP contribution is 2.34. The van der Waals surface area contributed by atoms with Gasteiger partial charge in [-0.1, -0.05) is 12.1 Å². The standard InChI is InChI=1S/C15H23NO2/c1-3-17-10-11-18-15-9-5-6-12-13(15)7-4-8-14(12)16-2/h5-6,9,14,16H,3-4,7-8,10-11H2,1-2H3. The lowest BCUT2D eigenvalue weighted by Gasteiger charge is -2.26. The van der Waals surface area contributed by atoms with Crippen molar-refractivity contribution in [2.45, 2.75) is 32.2 Å². The third-order valence-corrected chi connectivity index (χ3v) is 3.50. The Bertz CT molecular complexity index is 379. The summed E-state index contributed by atoms with van der Waals surface area (Å²) in [5.74, 6) is 1.03. The first-order valence-electron chi connectivity index (χ1n) is 6.86. The van der Waals surface area contributed by atoms with Crippen LogP contribution in [0, 0.1) is 0 Å². The van der Waals surface area contributed by atoms with Gasteiger partial charge in [-0.25, -0.2) is 0 Å². The number of fused-ring (bicyclic) bond motifs is 1. The van der Waals surface area contributed by atoms with Crippen molar-refractivity contribution in [1.82, 2.24) is 5.32 Å². The molecule has 100 valence electrons. The quantitative estimate of drug-likeness (QED) is 0.786. The topological polar surface area (TPSA) is 30.5 Å². The molecule has 1 aromatic rings. The fourth-order valence-corrected chi connectivity index (χ4v) is 2.61. The highest BCUT2D eigenvalue weighted by atomic mass is 16.5. The van der Waals surface area contributed by atoms with E-state index in [1.807, 2.05) is 14.0 Å². The average molecular weight is 249 g/mol. The molecule has 0 aromatic heterocycles. The zero-order valence-corrected chi connectivity index (χ0v) is 11.4. The van der Waals surface area contributed by atoms with E-state index in [0.29, 0.717) is 19.3 Å². The van der Waals surface area contributed by atoms with Crippen molar-refractivity contribution in [3.8, 4) is 5.75 Å². The lowest BCUT2D eigenvalue weighted by Crippen LogP contribution is -2.22. The van der Waals surface area contributed by atoms with Crippen LogP contribution in [0.3, 0.4) is 0 Å². The van der Waals surface area contributed by atoms with Crippen LogP contribution in [-0.2, 0) is 11.2 Å². The van der Waals surface area contributed by atoms with Crippen LogP contribution in [0.1, 0.15) is 36.9 Å². The smallest absolute Gasteiger partial charge is 0.122 e. The fraction of sp³-hybridized carbons (Fsp3) is 0.600. The second kappa shape index (κ2) is 6.76. The first kappa shape index (κ1) is 13.4. The molecule has 1 unspecified atom stereocenters. The number of nitrogens with one attached hydrogen (secondary N) is 1. The Hall–Kier alpha value is -1.06. The second-order valence-electron chi connectivity index (χ2n) is 4.60. The minimum atomic E-state index is 0.476. The molecule has 1 aliphatic carbocycles. The van der Waals surface area contributed by atoms with Crippen molar-refractivity contribution in [3.63, 3.8) is 0 Å². The molecule has 0 saturated carbocycles. The zero-order chi connectivity index (χ0) is 12.8. The monoisotopic (exact) mass is 249 g/mol. The van der Waals surface area contributed by atoms with Crippen LogP contribution in [0.2, 0.25) is 0 Å². The summed E-state index contributed by atoms with van der Waals surface area (Å²) < 4.78 is 11.2. The average Bonchev–Trinajstić information content (AvgIpc) is 2.43. The molecule has 0 radical (unpaired) electrons. The number of hydrogen-bond donors (Lipinski definition) is 1. The summed E-state index contributed by atoms with van der Waals surface area (Å²) in [5.41, 5.74) is 2.78. The Morgan fingerprint density at radius 3 is 3.00 bits per heavy atom. The van der Waals surface area contributed by atoms with Crippen molar-refractivity contribution in [1.29, 1.82) is 0 Å². The zero-order valence-electron chi connectivity index (χ0n) is 11.4. The summed E-state index contributed by atoms with van der Waals surface area (Å²) in [5, 5.41) is 3.38. The Balaban J connectivity index is 2.07. The van der Waals surface area contributed by atoms with Gasteiger partial charge in [0.15, 0.2) is 0 Å². The number of benzene rings is 1. The van der Waals surface area contributed by atoms with Gasteiger partial charge in [-0.15, -0.1) is 0 Å². The molecular weight excluding hydrogens is 226 g/mol. The van der Waals surface area contributed by atoms with Crippen molar-refractivity contribution in [2.75, 3.05) is 26.9 Å². The highest BCUT2D eigenvalue weighted by molar-refractivity contribution is 5.43. The second-order valence-corrected chi connectivity index (χ2v) is 4.60. The van der Waals surface area contributed by atoms with Gasteiger partial charge in [0.25, 0.3) is 0 Å². The molecule has 3 nitrogen and oxygen atoms in total. The Kier molecular flexibility index (Phi) is 5.02. The molecule has 18 heavy (non-hydrogen) atoms. The minimum absolute atomic E-state index is 0.476. The van der Waals surface area contributed by atoms with E-state index in [4.69, 9.17) is 9.47 Å². The molecule has 2 rings (SSSR count). The summed E-state index contributed by atoms with van der Waals surface area (Å²) >= 11 is 0. The molecule has 0 saturated heterocycles. The van der Waals surface area contributed by atoms with E-state index in [1.54, 1.807) is 0 Å². The van der Waals surface area contributed by atoms with Crippen LogP contribution in [0.15, 0.2) is 18.2 Å². The van der Waals surface area contributed by atoms with Gasteiger partial charge in [-0.05, 0) is 50.4 Å². The predicted molar refractivity (Wildman–Crippen MR) is 73.2 cm³/mol. The van der Waals surface area contributed by atoms with Crippen LogP contribution >= 0.6 is 0 Å². The van der Waals surface area contributed by atoms with Crippen LogP contribution in [0.4, 0.5) is 0 Å². The Morgan fingerprint density at radius 2 is 2.22 bits per heavy atom. The molecule has 1 atom stereocenters. The van der Waals surface area contributed by atoms with Crippen LogP contribution in [0.25, 0.3) is 0 Å². The minimum Gasteiger partial charge on any atom is -0.491 e. The maximum absolute atomic E-state index is 5.85. The third kappa shape index (κ3) is 3.03. The maximum atomic E-state index is 5.85. The molecule has 0 fully saturated rings. The van der Waals surface area contributed by atoms with E-state index in [9.17, 15) is 0 Å².